The molecule has 0 fully saturated rings. The van der Waals surface area contributed by atoms with Crippen LogP contribution in [0.15, 0.2) is 40.9 Å². The molecule has 0 saturated carbocycles. The van der Waals surface area contributed by atoms with Crippen molar-refractivity contribution in [2.24, 2.45) is 0 Å². The lowest BCUT2D eigenvalue weighted by molar-refractivity contribution is 0.496. The van der Waals surface area contributed by atoms with Gasteiger partial charge in [0, 0.05) is 17.1 Å². The molecule has 1 aromatic carbocycles. The molecule has 0 bridgehead atoms. The van der Waals surface area contributed by atoms with Gasteiger partial charge in [-0.25, -0.2) is 0 Å². The zero-order valence-corrected chi connectivity index (χ0v) is 12.9. The number of furan rings is 1. The van der Waals surface area contributed by atoms with E-state index in [1.54, 1.807) is 0 Å². The molecular formula is C18H20N2O. The summed E-state index contributed by atoms with van der Waals surface area (Å²) < 4.78 is 5.78. The van der Waals surface area contributed by atoms with Gasteiger partial charge in [-0.2, -0.15) is 0 Å². The van der Waals surface area contributed by atoms with E-state index in [0.29, 0.717) is 0 Å². The maximum Gasteiger partial charge on any atom is 0.106 e. The lowest BCUT2D eigenvalue weighted by Crippen LogP contribution is -2.18. The monoisotopic (exact) mass is 280 g/mol. The summed E-state index contributed by atoms with van der Waals surface area (Å²) >= 11 is 0. The maximum absolute atomic E-state index is 5.78. The molecule has 0 aliphatic carbocycles. The zero-order valence-electron chi connectivity index (χ0n) is 12.9. The fourth-order valence-electron chi connectivity index (χ4n) is 2.98. The second-order valence-electron chi connectivity index (χ2n) is 5.43. The van der Waals surface area contributed by atoms with Gasteiger partial charge < -0.3 is 9.73 Å². The molecule has 1 unspecified atom stereocenters. The Hall–Kier alpha value is -2.13. The maximum atomic E-state index is 5.78. The minimum absolute atomic E-state index is 0.119. The first-order valence-electron chi connectivity index (χ1n) is 7.20. The molecule has 0 radical (unpaired) electrons. The van der Waals surface area contributed by atoms with Crippen molar-refractivity contribution in [3.8, 4) is 0 Å². The Morgan fingerprint density at radius 2 is 1.90 bits per heavy atom. The Bertz CT molecular complexity index is 789. The molecule has 3 heteroatoms. The van der Waals surface area contributed by atoms with E-state index in [1.807, 2.05) is 33.2 Å². The van der Waals surface area contributed by atoms with Crippen LogP contribution in [0.4, 0.5) is 0 Å². The highest BCUT2D eigenvalue weighted by Crippen LogP contribution is 2.32. The third-order valence-electron chi connectivity index (χ3n) is 4.16. The van der Waals surface area contributed by atoms with Crippen molar-refractivity contribution in [3.05, 3.63) is 64.7 Å². The van der Waals surface area contributed by atoms with Gasteiger partial charge in [-0.15, -0.1) is 0 Å². The van der Waals surface area contributed by atoms with Crippen LogP contribution in [0.3, 0.4) is 0 Å². The fourth-order valence-corrected chi connectivity index (χ4v) is 2.98. The summed E-state index contributed by atoms with van der Waals surface area (Å²) in [6.07, 6.45) is 1.83. The number of rotatable bonds is 3. The van der Waals surface area contributed by atoms with Crippen molar-refractivity contribution in [1.82, 2.24) is 10.3 Å². The lowest BCUT2D eigenvalue weighted by Gasteiger charge is -2.18. The molecule has 0 spiro atoms. The van der Waals surface area contributed by atoms with Crippen molar-refractivity contribution in [1.29, 1.82) is 0 Å². The molecule has 3 rings (SSSR count). The number of hydrogen-bond donors (Lipinski definition) is 1. The topological polar surface area (TPSA) is 38.1 Å². The van der Waals surface area contributed by atoms with Gasteiger partial charge in [-0.3, -0.25) is 4.98 Å². The smallest absolute Gasteiger partial charge is 0.106 e. The largest absolute Gasteiger partial charge is 0.466 e. The molecule has 3 nitrogen and oxygen atoms in total. The second-order valence-corrected chi connectivity index (χ2v) is 5.43. The van der Waals surface area contributed by atoms with Crippen LogP contribution in [0.1, 0.15) is 34.3 Å². The van der Waals surface area contributed by atoms with E-state index >= 15 is 0 Å². The molecule has 2 aromatic heterocycles. The normalized spacial score (nSPS) is 12.8. The van der Waals surface area contributed by atoms with Crippen LogP contribution >= 0.6 is 0 Å². The van der Waals surface area contributed by atoms with Crippen LogP contribution in [0, 0.1) is 20.8 Å². The summed E-state index contributed by atoms with van der Waals surface area (Å²) in [5.41, 5.74) is 4.67. The molecule has 108 valence electrons. The minimum atomic E-state index is 0.119. The van der Waals surface area contributed by atoms with E-state index in [-0.39, 0.29) is 6.04 Å². The molecule has 3 aromatic rings. The molecule has 0 aliphatic rings. The average molecular weight is 280 g/mol. The van der Waals surface area contributed by atoms with Gasteiger partial charge in [0.25, 0.3) is 0 Å². The molecule has 0 aliphatic heterocycles. The van der Waals surface area contributed by atoms with Gasteiger partial charge in [0.1, 0.15) is 11.5 Å². The summed E-state index contributed by atoms with van der Waals surface area (Å²) in [4.78, 5) is 4.45. The summed E-state index contributed by atoms with van der Waals surface area (Å²) in [6, 6.07) is 10.6. The number of nitrogens with zero attached hydrogens (tertiary/aromatic N) is 1. The Labute approximate surface area is 125 Å². The third-order valence-corrected chi connectivity index (χ3v) is 4.16. The SMILES string of the molecule is CNC(c1ccc2cccnc2c1)c1c(C)oc(C)c1C. The van der Waals surface area contributed by atoms with Crippen molar-refractivity contribution in [2.45, 2.75) is 26.8 Å². The zero-order chi connectivity index (χ0) is 15.0. The predicted molar refractivity (Wildman–Crippen MR) is 85.6 cm³/mol. The third kappa shape index (κ3) is 2.34. The molecule has 1 N–H and O–H groups in total. The van der Waals surface area contributed by atoms with Gasteiger partial charge in [0.2, 0.25) is 0 Å². The first-order chi connectivity index (χ1) is 10.1. The number of aryl methyl sites for hydroxylation is 2. The first kappa shape index (κ1) is 13.8. The standard InChI is InChI=1S/C18H20N2O/c1-11-12(2)21-13(3)17(11)18(19-4)15-8-7-14-6-5-9-20-16(14)10-15/h5-10,18-19H,1-4H3. The fraction of sp³-hybridized carbons (Fsp3) is 0.278. The van der Waals surface area contributed by atoms with Gasteiger partial charge in [0.05, 0.1) is 11.6 Å². The van der Waals surface area contributed by atoms with E-state index in [1.165, 1.54) is 16.7 Å². The predicted octanol–water partition coefficient (Wildman–Crippen LogP) is 4.06. The number of benzene rings is 1. The molecule has 0 amide bonds. The number of pyridine rings is 1. The van der Waals surface area contributed by atoms with Gasteiger partial charge >= 0.3 is 0 Å². The van der Waals surface area contributed by atoms with E-state index in [2.05, 4.69) is 41.5 Å². The molecule has 2 heterocycles. The average Bonchev–Trinajstić information content (AvgIpc) is 2.74. The molecule has 21 heavy (non-hydrogen) atoms. The second kappa shape index (κ2) is 5.34. The van der Waals surface area contributed by atoms with Crippen LogP contribution < -0.4 is 5.32 Å². The van der Waals surface area contributed by atoms with E-state index in [4.69, 9.17) is 4.42 Å². The van der Waals surface area contributed by atoms with Gasteiger partial charge in [-0.05, 0) is 51.1 Å². The molecular weight excluding hydrogens is 260 g/mol. The summed E-state index contributed by atoms with van der Waals surface area (Å²) in [5.74, 6) is 1.96. The Kier molecular flexibility index (Phi) is 3.52. The van der Waals surface area contributed by atoms with E-state index < -0.39 is 0 Å². The van der Waals surface area contributed by atoms with Crippen LogP contribution in [0.2, 0.25) is 0 Å². The summed E-state index contributed by atoms with van der Waals surface area (Å²) in [5, 5.41) is 4.57. The van der Waals surface area contributed by atoms with Gasteiger partial charge in [-0.1, -0.05) is 18.2 Å². The number of nitrogens with one attached hydrogen (secondary N) is 1. The van der Waals surface area contributed by atoms with Gasteiger partial charge in [0.15, 0.2) is 0 Å². The van der Waals surface area contributed by atoms with E-state index in [0.717, 1.165) is 22.4 Å². The van der Waals surface area contributed by atoms with Crippen molar-refractivity contribution in [2.75, 3.05) is 7.05 Å². The number of aromatic nitrogens is 1. The van der Waals surface area contributed by atoms with Crippen molar-refractivity contribution in [3.63, 3.8) is 0 Å². The Morgan fingerprint density at radius 3 is 2.57 bits per heavy atom. The Morgan fingerprint density at radius 1 is 1.10 bits per heavy atom. The minimum Gasteiger partial charge on any atom is -0.466 e. The molecule has 1 atom stereocenters. The quantitative estimate of drug-likeness (QED) is 0.786. The summed E-state index contributed by atoms with van der Waals surface area (Å²) in [6.45, 7) is 6.16. The highest BCUT2D eigenvalue weighted by atomic mass is 16.3. The lowest BCUT2D eigenvalue weighted by atomic mass is 9.95. The first-order valence-corrected chi connectivity index (χ1v) is 7.20. The molecule has 0 saturated heterocycles. The summed E-state index contributed by atoms with van der Waals surface area (Å²) in [7, 11) is 1.98. The van der Waals surface area contributed by atoms with Crippen molar-refractivity contribution < 1.29 is 4.42 Å². The Balaban J connectivity index is 2.13. The highest BCUT2D eigenvalue weighted by Gasteiger charge is 2.21. The van der Waals surface area contributed by atoms with Crippen LogP contribution in [0.5, 0.6) is 0 Å². The van der Waals surface area contributed by atoms with Crippen LogP contribution in [-0.2, 0) is 0 Å². The van der Waals surface area contributed by atoms with Crippen LogP contribution in [-0.4, -0.2) is 12.0 Å². The number of fused-ring (bicyclic) bond motifs is 1. The highest BCUT2D eigenvalue weighted by molar-refractivity contribution is 5.79. The van der Waals surface area contributed by atoms with Crippen molar-refractivity contribution >= 4 is 10.9 Å². The van der Waals surface area contributed by atoms with Crippen LogP contribution in [0.25, 0.3) is 10.9 Å². The number of hydrogen-bond acceptors (Lipinski definition) is 3. The van der Waals surface area contributed by atoms with E-state index in [9.17, 15) is 0 Å².